The molecule has 0 aromatic heterocycles. The van der Waals surface area contributed by atoms with Crippen LogP contribution in [-0.4, -0.2) is 29.3 Å². The van der Waals surface area contributed by atoms with E-state index in [2.05, 4.69) is 5.32 Å². The Morgan fingerprint density at radius 3 is 2.25 bits per heavy atom. The van der Waals surface area contributed by atoms with E-state index in [1.165, 1.54) is 0 Å². The maximum absolute atomic E-state index is 12.0. The topological polar surface area (TPSA) is 58.6 Å². The second-order valence-electron chi connectivity index (χ2n) is 6.26. The molecule has 1 rings (SSSR count). The fourth-order valence-corrected chi connectivity index (χ4v) is 1.95. The monoisotopic (exact) mass is 279 g/mol. The number of esters is 1. The van der Waals surface area contributed by atoms with E-state index in [0.717, 1.165) is 5.56 Å². The summed E-state index contributed by atoms with van der Waals surface area (Å²) >= 11 is 0. The van der Waals surface area contributed by atoms with Crippen molar-refractivity contribution >= 4 is 5.97 Å². The maximum Gasteiger partial charge on any atom is 0.323 e. The number of benzene rings is 1. The Morgan fingerprint density at radius 2 is 1.80 bits per heavy atom. The molecule has 0 bridgehead atoms. The van der Waals surface area contributed by atoms with Crippen LogP contribution in [0.3, 0.4) is 0 Å². The molecule has 2 atom stereocenters. The lowest BCUT2D eigenvalue weighted by Crippen LogP contribution is -2.51. The molecule has 4 nitrogen and oxygen atoms in total. The number of aliphatic hydroxyl groups excluding tert-OH is 1. The van der Waals surface area contributed by atoms with Crippen molar-refractivity contribution in [1.29, 1.82) is 0 Å². The highest BCUT2D eigenvalue weighted by molar-refractivity contribution is 5.75. The summed E-state index contributed by atoms with van der Waals surface area (Å²) in [5, 5.41) is 12.8. The van der Waals surface area contributed by atoms with Gasteiger partial charge in [0.1, 0.15) is 11.6 Å². The quantitative estimate of drug-likeness (QED) is 0.811. The summed E-state index contributed by atoms with van der Waals surface area (Å²) in [6.45, 7) is 9.00. The molecule has 0 saturated carbocycles. The first kappa shape index (κ1) is 16.7. The molecule has 0 radical (unpaired) electrons. The average Bonchev–Trinajstić information content (AvgIpc) is 2.37. The summed E-state index contributed by atoms with van der Waals surface area (Å²) in [6.07, 6.45) is 0. The number of rotatable bonds is 5. The van der Waals surface area contributed by atoms with Crippen molar-refractivity contribution < 1.29 is 14.6 Å². The summed E-state index contributed by atoms with van der Waals surface area (Å²) in [6, 6.07) is 9.06. The highest BCUT2D eigenvalue weighted by Gasteiger charge is 2.31. The minimum absolute atomic E-state index is 0.107. The van der Waals surface area contributed by atoms with Crippen LogP contribution in [0.15, 0.2) is 30.3 Å². The molecular formula is C16H25NO3. The smallest absolute Gasteiger partial charge is 0.323 e. The lowest BCUT2D eigenvalue weighted by molar-refractivity contribution is -0.157. The first-order chi connectivity index (χ1) is 9.18. The Labute approximate surface area is 121 Å². The standard InChI is InChI=1S/C16H25NO3/c1-12(14(19)20-15(2,3)4)17-16(5,11-18)13-9-7-6-8-10-13/h6-10,12,17-18H,11H2,1-5H3. The molecule has 2 unspecified atom stereocenters. The Bertz CT molecular complexity index is 439. The third-order valence-electron chi connectivity index (χ3n) is 3.02. The van der Waals surface area contributed by atoms with E-state index in [-0.39, 0.29) is 12.6 Å². The highest BCUT2D eigenvalue weighted by Crippen LogP contribution is 2.21. The molecule has 0 saturated heterocycles. The van der Waals surface area contributed by atoms with E-state index in [1.807, 2.05) is 58.0 Å². The van der Waals surface area contributed by atoms with Gasteiger partial charge in [-0.3, -0.25) is 10.1 Å². The van der Waals surface area contributed by atoms with E-state index < -0.39 is 17.2 Å². The zero-order valence-electron chi connectivity index (χ0n) is 12.9. The van der Waals surface area contributed by atoms with Crippen LogP contribution in [0.1, 0.15) is 40.2 Å². The van der Waals surface area contributed by atoms with Gasteiger partial charge in [-0.1, -0.05) is 30.3 Å². The third kappa shape index (κ3) is 4.62. The Balaban J connectivity index is 2.81. The predicted molar refractivity (Wildman–Crippen MR) is 79.3 cm³/mol. The van der Waals surface area contributed by atoms with Crippen LogP contribution in [-0.2, 0) is 15.1 Å². The van der Waals surface area contributed by atoms with Crippen molar-refractivity contribution in [1.82, 2.24) is 5.32 Å². The van der Waals surface area contributed by atoms with Crippen molar-refractivity contribution in [2.75, 3.05) is 6.61 Å². The number of hydrogen-bond donors (Lipinski definition) is 2. The lowest BCUT2D eigenvalue weighted by atomic mass is 9.92. The fourth-order valence-electron chi connectivity index (χ4n) is 1.95. The number of ether oxygens (including phenoxy) is 1. The summed E-state index contributed by atoms with van der Waals surface area (Å²) in [4.78, 5) is 12.0. The van der Waals surface area contributed by atoms with Gasteiger partial charge in [0.15, 0.2) is 0 Å². The van der Waals surface area contributed by atoms with Gasteiger partial charge in [0.05, 0.1) is 12.1 Å². The molecule has 1 aromatic carbocycles. The van der Waals surface area contributed by atoms with Crippen LogP contribution in [0.2, 0.25) is 0 Å². The van der Waals surface area contributed by atoms with Crippen molar-refractivity contribution in [3.05, 3.63) is 35.9 Å². The fraction of sp³-hybridized carbons (Fsp3) is 0.562. The number of carbonyl (C=O) groups excluding carboxylic acids is 1. The van der Waals surface area contributed by atoms with E-state index in [9.17, 15) is 9.90 Å². The van der Waals surface area contributed by atoms with E-state index in [0.29, 0.717) is 0 Å². The summed E-state index contributed by atoms with van der Waals surface area (Å²) in [5.74, 6) is -0.326. The Hall–Kier alpha value is -1.39. The summed E-state index contributed by atoms with van der Waals surface area (Å²) in [7, 11) is 0. The Morgan fingerprint density at radius 1 is 1.25 bits per heavy atom. The van der Waals surface area contributed by atoms with Crippen LogP contribution in [0.5, 0.6) is 0 Å². The molecule has 0 aliphatic rings. The van der Waals surface area contributed by atoms with Crippen LogP contribution >= 0.6 is 0 Å². The van der Waals surface area contributed by atoms with Gasteiger partial charge >= 0.3 is 5.97 Å². The Kier molecular flexibility index (Phi) is 5.31. The molecule has 112 valence electrons. The molecule has 0 fully saturated rings. The minimum atomic E-state index is -0.683. The SMILES string of the molecule is CC(NC(C)(CO)c1ccccc1)C(=O)OC(C)(C)C. The van der Waals surface area contributed by atoms with Gasteiger partial charge in [0, 0.05) is 0 Å². The van der Waals surface area contributed by atoms with Crippen LogP contribution in [0, 0.1) is 0 Å². The molecular weight excluding hydrogens is 254 g/mol. The predicted octanol–water partition coefficient (Wildman–Crippen LogP) is 2.21. The normalized spacial score (nSPS) is 16.3. The van der Waals surface area contributed by atoms with Crippen LogP contribution in [0.4, 0.5) is 0 Å². The van der Waals surface area contributed by atoms with Crippen LogP contribution < -0.4 is 5.32 Å². The largest absolute Gasteiger partial charge is 0.459 e. The number of hydrogen-bond acceptors (Lipinski definition) is 4. The summed E-state index contributed by atoms with van der Waals surface area (Å²) in [5.41, 5.74) is -0.273. The molecule has 0 aliphatic heterocycles. The second-order valence-corrected chi connectivity index (χ2v) is 6.26. The molecule has 4 heteroatoms. The van der Waals surface area contributed by atoms with Gasteiger partial charge in [0.25, 0.3) is 0 Å². The molecule has 0 spiro atoms. The molecule has 20 heavy (non-hydrogen) atoms. The van der Waals surface area contributed by atoms with Gasteiger partial charge in [-0.15, -0.1) is 0 Å². The number of aliphatic hydroxyl groups is 1. The molecule has 1 aromatic rings. The number of nitrogens with one attached hydrogen (secondary N) is 1. The van der Waals surface area contributed by atoms with E-state index in [4.69, 9.17) is 4.74 Å². The highest BCUT2D eigenvalue weighted by atomic mass is 16.6. The molecule has 0 amide bonds. The lowest BCUT2D eigenvalue weighted by Gasteiger charge is -2.33. The van der Waals surface area contributed by atoms with E-state index >= 15 is 0 Å². The maximum atomic E-state index is 12.0. The molecule has 2 N–H and O–H groups in total. The van der Waals surface area contributed by atoms with Gasteiger partial charge in [-0.25, -0.2) is 0 Å². The van der Waals surface area contributed by atoms with Crippen molar-refractivity contribution in [2.24, 2.45) is 0 Å². The first-order valence-corrected chi connectivity index (χ1v) is 6.85. The zero-order chi connectivity index (χ0) is 15.4. The first-order valence-electron chi connectivity index (χ1n) is 6.85. The van der Waals surface area contributed by atoms with Gasteiger partial charge in [-0.05, 0) is 40.2 Å². The van der Waals surface area contributed by atoms with Gasteiger partial charge in [-0.2, -0.15) is 0 Å². The van der Waals surface area contributed by atoms with Gasteiger partial charge in [0.2, 0.25) is 0 Å². The zero-order valence-corrected chi connectivity index (χ0v) is 12.9. The number of carbonyl (C=O) groups is 1. The van der Waals surface area contributed by atoms with Gasteiger partial charge < -0.3 is 9.84 Å². The minimum Gasteiger partial charge on any atom is -0.459 e. The molecule has 0 aliphatic carbocycles. The van der Waals surface area contributed by atoms with E-state index in [1.54, 1.807) is 6.92 Å². The molecule has 0 heterocycles. The second kappa shape index (κ2) is 6.37. The van der Waals surface area contributed by atoms with Crippen molar-refractivity contribution in [2.45, 2.75) is 51.8 Å². The van der Waals surface area contributed by atoms with Crippen molar-refractivity contribution in [3.8, 4) is 0 Å². The van der Waals surface area contributed by atoms with Crippen LogP contribution in [0.25, 0.3) is 0 Å². The summed E-state index contributed by atoms with van der Waals surface area (Å²) < 4.78 is 5.34. The third-order valence-corrected chi connectivity index (χ3v) is 3.02. The average molecular weight is 279 g/mol. The van der Waals surface area contributed by atoms with Crippen molar-refractivity contribution in [3.63, 3.8) is 0 Å².